The zero-order valence-electron chi connectivity index (χ0n) is 8.91. The Bertz CT molecular complexity index is 514. The molecule has 0 aliphatic heterocycles. The van der Waals surface area contributed by atoms with Crippen LogP contribution in [0.4, 0.5) is 0 Å². The third-order valence-electron chi connectivity index (χ3n) is 2.03. The summed E-state index contributed by atoms with van der Waals surface area (Å²) < 4.78 is 0. The number of aromatic nitrogens is 2. The van der Waals surface area contributed by atoms with Crippen molar-refractivity contribution in [1.82, 2.24) is 14.9 Å². The average molecular weight is 199 g/mol. The molecule has 3 heteroatoms. The molecule has 76 valence electrons. The second-order valence-corrected chi connectivity index (χ2v) is 3.68. The lowest BCUT2D eigenvalue weighted by Gasteiger charge is -2.00. The van der Waals surface area contributed by atoms with E-state index in [0.29, 0.717) is 0 Å². The van der Waals surface area contributed by atoms with Crippen molar-refractivity contribution in [2.45, 2.75) is 0 Å². The van der Waals surface area contributed by atoms with Crippen LogP contribution in [0.2, 0.25) is 0 Å². The van der Waals surface area contributed by atoms with E-state index >= 15 is 0 Å². The molecule has 2 aromatic rings. The highest BCUT2D eigenvalue weighted by Gasteiger charge is 1.95. The molecular formula is C12H13N3. The van der Waals surface area contributed by atoms with Gasteiger partial charge in [0, 0.05) is 23.3 Å². The highest BCUT2D eigenvalue weighted by Crippen LogP contribution is 2.10. The van der Waals surface area contributed by atoms with Gasteiger partial charge in [-0.05, 0) is 26.2 Å². The van der Waals surface area contributed by atoms with Gasteiger partial charge in [-0.3, -0.25) is 4.90 Å². The van der Waals surface area contributed by atoms with E-state index < -0.39 is 0 Å². The van der Waals surface area contributed by atoms with Gasteiger partial charge in [0.15, 0.2) is 0 Å². The van der Waals surface area contributed by atoms with Gasteiger partial charge in [-0.2, -0.15) is 0 Å². The monoisotopic (exact) mass is 199 g/mol. The van der Waals surface area contributed by atoms with Crippen LogP contribution in [0.25, 0.3) is 11.0 Å². The molecule has 2 heterocycles. The first-order valence-electron chi connectivity index (χ1n) is 4.82. The Morgan fingerprint density at radius 2 is 2.33 bits per heavy atom. The van der Waals surface area contributed by atoms with E-state index in [0.717, 1.165) is 23.1 Å². The minimum atomic E-state index is 0.769. The lowest BCUT2D eigenvalue weighted by molar-refractivity contribution is 0.464. The number of hydrogen-bond acceptors (Lipinski definition) is 2. The first-order valence-corrected chi connectivity index (χ1v) is 4.82. The molecule has 15 heavy (non-hydrogen) atoms. The van der Waals surface area contributed by atoms with Crippen LogP contribution >= 0.6 is 0 Å². The zero-order chi connectivity index (χ0) is 10.7. The molecule has 0 fully saturated rings. The Morgan fingerprint density at radius 1 is 1.47 bits per heavy atom. The highest BCUT2D eigenvalue weighted by molar-refractivity contribution is 5.76. The van der Waals surface area contributed by atoms with Gasteiger partial charge in [-0.25, -0.2) is 4.98 Å². The maximum absolute atomic E-state index is 4.27. The number of H-pyrrole nitrogens is 1. The lowest BCUT2D eigenvalue weighted by atomic mass is 10.2. The fraction of sp³-hybridized carbons (Fsp3) is 0.250. The van der Waals surface area contributed by atoms with E-state index in [1.807, 2.05) is 37.3 Å². The minimum Gasteiger partial charge on any atom is -0.346 e. The Morgan fingerprint density at radius 3 is 3.13 bits per heavy atom. The summed E-state index contributed by atoms with van der Waals surface area (Å²) in [6.45, 7) is 0.769. The molecular weight excluding hydrogens is 186 g/mol. The summed E-state index contributed by atoms with van der Waals surface area (Å²) in [4.78, 5) is 9.36. The highest BCUT2D eigenvalue weighted by atomic mass is 15.0. The average Bonchev–Trinajstić information content (AvgIpc) is 2.64. The maximum Gasteiger partial charge on any atom is 0.137 e. The van der Waals surface area contributed by atoms with Gasteiger partial charge in [0.05, 0.1) is 6.54 Å². The standard InChI is InChI=1S/C12H13N3/c1-15(2)7-3-4-10-8-11-5-6-13-12(11)14-9-10/h5-6,8-9H,7H2,1-2H3,(H,13,14). The third kappa shape index (κ3) is 2.36. The molecule has 0 spiro atoms. The van der Waals surface area contributed by atoms with Crippen molar-refractivity contribution in [3.63, 3.8) is 0 Å². The Kier molecular flexibility index (Phi) is 2.70. The van der Waals surface area contributed by atoms with E-state index in [4.69, 9.17) is 0 Å². The predicted molar refractivity (Wildman–Crippen MR) is 61.5 cm³/mol. The van der Waals surface area contributed by atoms with Crippen molar-refractivity contribution < 1.29 is 0 Å². The molecule has 2 aromatic heterocycles. The Labute approximate surface area is 89.1 Å². The normalized spacial score (nSPS) is 10.3. The minimum absolute atomic E-state index is 0.769. The molecule has 3 nitrogen and oxygen atoms in total. The summed E-state index contributed by atoms with van der Waals surface area (Å²) in [5.74, 6) is 6.17. The number of nitrogens with zero attached hydrogens (tertiary/aromatic N) is 2. The van der Waals surface area contributed by atoms with Gasteiger partial charge < -0.3 is 4.98 Å². The summed E-state index contributed by atoms with van der Waals surface area (Å²) >= 11 is 0. The smallest absolute Gasteiger partial charge is 0.137 e. The van der Waals surface area contributed by atoms with Gasteiger partial charge in [-0.1, -0.05) is 11.8 Å². The summed E-state index contributed by atoms with van der Waals surface area (Å²) in [7, 11) is 4.00. The molecule has 0 unspecified atom stereocenters. The van der Waals surface area contributed by atoms with Crippen LogP contribution < -0.4 is 0 Å². The van der Waals surface area contributed by atoms with Gasteiger partial charge in [0.1, 0.15) is 5.65 Å². The van der Waals surface area contributed by atoms with Crippen LogP contribution in [0.1, 0.15) is 5.56 Å². The molecule has 0 aliphatic carbocycles. The Balaban J connectivity index is 2.23. The van der Waals surface area contributed by atoms with E-state index in [9.17, 15) is 0 Å². The number of hydrogen-bond donors (Lipinski definition) is 1. The second kappa shape index (κ2) is 4.16. The van der Waals surface area contributed by atoms with Crippen LogP contribution in [0.5, 0.6) is 0 Å². The predicted octanol–water partition coefficient (Wildman–Crippen LogP) is 1.48. The topological polar surface area (TPSA) is 31.9 Å². The molecule has 0 saturated carbocycles. The molecule has 0 saturated heterocycles. The molecule has 0 atom stereocenters. The summed E-state index contributed by atoms with van der Waals surface area (Å²) in [6.07, 6.45) is 3.68. The van der Waals surface area contributed by atoms with E-state index in [2.05, 4.69) is 21.8 Å². The van der Waals surface area contributed by atoms with E-state index in [-0.39, 0.29) is 0 Å². The summed E-state index contributed by atoms with van der Waals surface area (Å²) in [5, 5.41) is 1.10. The fourth-order valence-corrected chi connectivity index (χ4v) is 1.31. The van der Waals surface area contributed by atoms with Crippen LogP contribution in [-0.2, 0) is 0 Å². The van der Waals surface area contributed by atoms with E-state index in [1.165, 1.54) is 0 Å². The SMILES string of the molecule is CN(C)CC#Cc1cnc2[nH]ccc2c1. The molecule has 0 aromatic carbocycles. The van der Waals surface area contributed by atoms with Crippen molar-refractivity contribution in [2.75, 3.05) is 20.6 Å². The number of pyridine rings is 1. The first kappa shape index (κ1) is 9.75. The Hall–Kier alpha value is -1.79. The van der Waals surface area contributed by atoms with Crippen molar-refractivity contribution in [3.05, 3.63) is 30.1 Å². The van der Waals surface area contributed by atoms with Crippen molar-refractivity contribution in [1.29, 1.82) is 0 Å². The van der Waals surface area contributed by atoms with Crippen LogP contribution in [0.3, 0.4) is 0 Å². The number of fused-ring (bicyclic) bond motifs is 1. The molecule has 2 rings (SSSR count). The first-order chi connectivity index (χ1) is 7.25. The van der Waals surface area contributed by atoms with Gasteiger partial charge in [-0.15, -0.1) is 0 Å². The van der Waals surface area contributed by atoms with E-state index in [1.54, 1.807) is 6.20 Å². The zero-order valence-corrected chi connectivity index (χ0v) is 8.91. The number of nitrogens with one attached hydrogen (secondary N) is 1. The van der Waals surface area contributed by atoms with Crippen molar-refractivity contribution in [3.8, 4) is 11.8 Å². The molecule has 0 aliphatic rings. The molecule has 0 amide bonds. The quantitative estimate of drug-likeness (QED) is 0.705. The largest absolute Gasteiger partial charge is 0.346 e. The summed E-state index contributed by atoms with van der Waals surface area (Å²) in [6, 6.07) is 4.04. The number of rotatable bonds is 1. The van der Waals surface area contributed by atoms with Crippen LogP contribution in [-0.4, -0.2) is 35.5 Å². The lowest BCUT2D eigenvalue weighted by Crippen LogP contribution is -2.10. The molecule has 1 N–H and O–H groups in total. The third-order valence-corrected chi connectivity index (χ3v) is 2.03. The van der Waals surface area contributed by atoms with Gasteiger partial charge in [0.25, 0.3) is 0 Å². The van der Waals surface area contributed by atoms with Crippen molar-refractivity contribution >= 4 is 11.0 Å². The second-order valence-electron chi connectivity index (χ2n) is 3.68. The van der Waals surface area contributed by atoms with Gasteiger partial charge in [0.2, 0.25) is 0 Å². The molecule has 0 bridgehead atoms. The van der Waals surface area contributed by atoms with Gasteiger partial charge >= 0.3 is 0 Å². The molecule has 0 radical (unpaired) electrons. The maximum atomic E-state index is 4.27. The number of aromatic amines is 1. The summed E-state index contributed by atoms with van der Waals surface area (Å²) in [5.41, 5.74) is 1.87. The van der Waals surface area contributed by atoms with Crippen molar-refractivity contribution in [2.24, 2.45) is 0 Å². The van der Waals surface area contributed by atoms with Crippen LogP contribution in [0, 0.1) is 11.8 Å². The fourth-order valence-electron chi connectivity index (χ4n) is 1.31. The van der Waals surface area contributed by atoms with Crippen LogP contribution in [0.15, 0.2) is 24.5 Å².